The molecule has 17 heavy (non-hydrogen) atoms. The van der Waals surface area contributed by atoms with E-state index in [9.17, 15) is 9.90 Å². The largest absolute Gasteiger partial charge is 0.466 e. The van der Waals surface area contributed by atoms with Crippen LogP contribution in [0.5, 0.6) is 0 Å². The summed E-state index contributed by atoms with van der Waals surface area (Å²) in [5.41, 5.74) is 0.987. The van der Waals surface area contributed by atoms with Crippen molar-refractivity contribution in [2.45, 2.75) is 31.5 Å². The van der Waals surface area contributed by atoms with E-state index in [2.05, 4.69) is 9.97 Å². The van der Waals surface area contributed by atoms with Crippen molar-refractivity contribution in [3.63, 3.8) is 0 Å². The highest BCUT2D eigenvalue weighted by atomic mass is 32.2. The van der Waals surface area contributed by atoms with Crippen LogP contribution in [0.3, 0.4) is 0 Å². The van der Waals surface area contributed by atoms with Crippen LogP contribution in [0.1, 0.15) is 18.9 Å². The Hall–Kier alpha value is -1.14. The van der Waals surface area contributed by atoms with Crippen molar-refractivity contribution in [1.82, 2.24) is 9.97 Å². The van der Waals surface area contributed by atoms with Crippen LogP contribution in [0, 0.1) is 6.92 Å². The van der Waals surface area contributed by atoms with Gasteiger partial charge in [0.15, 0.2) is 5.16 Å². The summed E-state index contributed by atoms with van der Waals surface area (Å²) in [5, 5.41) is 10.2. The zero-order valence-corrected chi connectivity index (χ0v) is 10.7. The van der Waals surface area contributed by atoms with Crippen molar-refractivity contribution in [2.75, 3.05) is 12.4 Å². The first-order valence-electron chi connectivity index (χ1n) is 5.37. The Balaban J connectivity index is 2.30. The number of esters is 1. The van der Waals surface area contributed by atoms with Crippen LogP contribution in [0.4, 0.5) is 0 Å². The second-order valence-electron chi connectivity index (χ2n) is 3.52. The van der Waals surface area contributed by atoms with Crippen molar-refractivity contribution >= 4 is 17.7 Å². The predicted octanol–water partition coefficient (Wildman–Crippen LogP) is 1.19. The first-order chi connectivity index (χ1) is 8.11. The molecule has 0 amide bonds. The Kier molecular flexibility index (Phi) is 5.93. The van der Waals surface area contributed by atoms with E-state index >= 15 is 0 Å². The van der Waals surface area contributed by atoms with Gasteiger partial charge in [-0.15, -0.1) is 0 Å². The molecule has 1 aromatic rings. The molecule has 0 aliphatic rings. The molecule has 1 atom stereocenters. The minimum absolute atomic E-state index is 0.00665. The van der Waals surface area contributed by atoms with Gasteiger partial charge in [-0.1, -0.05) is 11.8 Å². The first kappa shape index (κ1) is 13.9. The van der Waals surface area contributed by atoms with E-state index in [1.165, 1.54) is 11.8 Å². The van der Waals surface area contributed by atoms with Gasteiger partial charge in [0.2, 0.25) is 0 Å². The fraction of sp³-hybridized carbons (Fsp3) is 0.545. The number of aliphatic hydroxyl groups excluding tert-OH is 1. The Morgan fingerprint density at radius 2 is 2.18 bits per heavy atom. The molecule has 94 valence electrons. The molecule has 5 nitrogen and oxygen atoms in total. The molecule has 1 rings (SSSR count). The van der Waals surface area contributed by atoms with Crippen molar-refractivity contribution in [3.8, 4) is 0 Å². The minimum Gasteiger partial charge on any atom is -0.466 e. The summed E-state index contributed by atoms with van der Waals surface area (Å²) in [4.78, 5) is 19.3. The zero-order valence-electron chi connectivity index (χ0n) is 9.92. The van der Waals surface area contributed by atoms with Crippen LogP contribution >= 0.6 is 11.8 Å². The lowest BCUT2D eigenvalue weighted by atomic mass is 10.3. The number of rotatable bonds is 6. The second kappa shape index (κ2) is 7.24. The number of aliphatic hydroxyl groups is 1. The summed E-state index contributed by atoms with van der Waals surface area (Å²) in [6, 6.07) is 0. The van der Waals surface area contributed by atoms with Gasteiger partial charge in [-0.2, -0.15) is 0 Å². The topological polar surface area (TPSA) is 72.3 Å². The lowest BCUT2D eigenvalue weighted by molar-refractivity contribution is -0.144. The second-order valence-corrected chi connectivity index (χ2v) is 4.50. The van der Waals surface area contributed by atoms with Gasteiger partial charge >= 0.3 is 5.97 Å². The fourth-order valence-electron chi connectivity index (χ4n) is 1.10. The van der Waals surface area contributed by atoms with Gasteiger partial charge in [0.1, 0.15) is 0 Å². The SMILES string of the molecule is CCOC(=O)CC(O)CSc1ncc(C)cn1. The van der Waals surface area contributed by atoms with E-state index in [1.54, 1.807) is 19.3 Å². The van der Waals surface area contributed by atoms with Crippen molar-refractivity contribution < 1.29 is 14.6 Å². The predicted molar refractivity (Wildman–Crippen MR) is 64.7 cm³/mol. The number of thioether (sulfide) groups is 1. The molecule has 1 heterocycles. The van der Waals surface area contributed by atoms with Gasteiger partial charge in [-0.05, 0) is 19.4 Å². The van der Waals surface area contributed by atoms with Gasteiger partial charge in [0.25, 0.3) is 0 Å². The monoisotopic (exact) mass is 256 g/mol. The van der Waals surface area contributed by atoms with E-state index in [0.717, 1.165) is 5.56 Å². The molecule has 0 bridgehead atoms. The molecule has 1 unspecified atom stereocenters. The summed E-state index contributed by atoms with van der Waals surface area (Å²) >= 11 is 1.32. The van der Waals surface area contributed by atoms with Gasteiger partial charge < -0.3 is 9.84 Å². The van der Waals surface area contributed by atoms with Crippen molar-refractivity contribution in [3.05, 3.63) is 18.0 Å². The summed E-state index contributed by atoms with van der Waals surface area (Å²) < 4.78 is 4.74. The van der Waals surface area contributed by atoms with Gasteiger partial charge in [-0.3, -0.25) is 4.79 Å². The minimum atomic E-state index is -0.732. The molecule has 0 spiro atoms. The number of ether oxygens (including phenoxy) is 1. The average Bonchev–Trinajstić information content (AvgIpc) is 2.28. The Labute approximate surface area is 105 Å². The molecule has 0 radical (unpaired) electrons. The highest BCUT2D eigenvalue weighted by Gasteiger charge is 2.12. The number of hydrogen-bond donors (Lipinski definition) is 1. The van der Waals surface area contributed by atoms with Crippen LogP contribution < -0.4 is 0 Å². The molecule has 0 aromatic carbocycles. The van der Waals surface area contributed by atoms with Crippen LogP contribution in [0.2, 0.25) is 0 Å². The number of hydrogen-bond acceptors (Lipinski definition) is 6. The quantitative estimate of drug-likeness (QED) is 0.468. The Bertz CT molecular complexity index is 356. The average molecular weight is 256 g/mol. The third-order valence-corrected chi connectivity index (χ3v) is 2.89. The Morgan fingerprint density at radius 3 is 2.76 bits per heavy atom. The number of nitrogens with zero attached hydrogens (tertiary/aromatic N) is 2. The first-order valence-corrected chi connectivity index (χ1v) is 6.35. The fourth-order valence-corrected chi connectivity index (χ4v) is 1.81. The highest BCUT2D eigenvalue weighted by Crippen LogP contribution is 2.14. The maximum atomic E-state index is 11.1. The van der Waals surface area contributed by atoms with E-state index in [-0.39, 0.29) is 12.4 Å². The van der Waals surface area contributed by atoms with Crippen molar-refractivity contribution in [2.24, 2.45) is 0 Å². The van der Waals surface area contributed by atoms with Crippen LogP contribution in [-0.4, -0.2) is 39.5 Å². The molecular weight excluding hydrogens is 240 g/mol. The van der Waals surface area contributed by atoms with Crippen LogP contribution in [0.15, 0.2) is 17.6 Å². The summed E-state index contributed by atoms with van der Waals surface area (Å²) in [6.07, 6.45) is 2.70. The normalized spacial score (nSPS) is 12.2. The maximum absolute atomic E-state index is 11.1. The van der Waals surface area contributed by atoms with Crippen molar-refractivity contribution in [1.29, 1.82) is 0 Å². The molecule has 1 N–H and O–H groups in total. The highest BCUT2D eigenvalue weighted by molar-refractivity contribution is 7.99. The molecule has 0 aliphatic carbocycles. The standard InChI is InChI=1S/C11H16N2O3S/c1-3-16-10(15)4-9(14)7-17-11-12-5-8(2)6-13-11/h5-6,9,14H,3-4,7H2,1-2H3. The number of aromatic nitrogens is 2. The summed E-state index contributed by atoms with van der Waals surface area (Å²) in [7, 11) is 0. The molecular formula is C11H16N2O3S. The van der Waals surface area contributed by atoms with E-state index < -0.39 is 6.10 Å². The maximum Gasteiger partial charge on any atom is 0.308 e. The summed E-state index contributed by atoms with van der Waals surface area (Å²) in [6.45, 7) is 3.98. The molecule has 0 aliphatic heterocycles. The molecule has 6 heteroatoms. The smallest absolute Gasteiger partial charge is 0.308 e. The Morgan fingerprint density at radius 1 is 1.53 bits per heavy atom. The zero-order chi connectivity index (χ0) is 12.7. The van der Waals surface area contributed by atoms with E-state index in [0.29, 0.717) is 17.5 Å². The van der Waals surface area contributed by atoms with E-state index in [4.69, 9.17) is 4.74 Å². The molecule has 0 fully saturated rings. The number of carbonyl (C=O) groups excluding carboxylic acids is 1. The molecule has 0 saturated carbocycles. The van der Waals surface area contributed by atoms with E-state index in [1.807, 2.05) is 6.92 Å². The third-order valence-electron chi connectivity index (χ3n) is 1.87. The molecule has 1 aromatic heterocycles. The van der Waals surface area contributed by atoms with Gasteiger partial charge in [0, 0.05) is 18.1 Å². The number of carbonyl (C=O) groups is 1. The lowest BCUT2D eigenvalue weighted by Crippen LogP contribution is -2.18. The van der Waals surface area contributed by atoms with Crippen LogP contribution in [-0.2, 0) is 9.53 Å². The summed E-state index contributed by atoms with van der Waals surface area (Å²) in [5.74, 6) is -0.00701. The lowest BCUT2D eigenvalue weighted by Gasteiger charge is -2.08. The van der Waals surface area contributed by atoms with Crippen LogP contribution in [0.25, 0.3) is 0 Å². The molecule has 0 saturated heterocycles. The third kappa shape index (κ3) is 5.65. The van der Waals surface area contributed by atoms with Gasteiger partial charge in [0.05, 0.1) is 19.1 Å². The van der Waals surface area contributed by atoms with Gasteiger partial charge in [-0.25, -0.2) is 9.97 Å². The number of aryl methyl sites for hydroxylation is 1.